The van der Waals surface area contributed by atoms with Crippen molar-refractivity contribution in [1.82, 2.24) is 40.9 Å². The topological polar surface area (TPSA) is 319 Å². The van der Waals surface area contributed by atoms with Crippen LogP contribution in [-0.4, -0.2) is 208 Å². The normalized spacial score (nSPS) is 16.1. The molecule has 0 bridgehead atoms. The molecule has 10 amide bonds. The zero-order valence-electron chi connectivity index (χ0n) is 62.5. The summed E-state index contributed by atoms with van der Waals surface area (Å²) in [6.07, 6.45) is 0.312. The highest BCUT2D eigenvalue weighted by atomic mass is 16.6. The molecule has 11 atom stereocenters. The Hall–Kier alpha value is -8.36. The van der Waals surface area contributed by atoms with Crippen LogP contribution < -0.4 is 37.2 Å². The number of primary amides is 1. The van der Waals surface area contributed by atoms with Gasteiger partial charge in [-0.2, -0.15) is 0 Å². The van der Waals surface area contributed by atoms with Crippen molar-refractivity contribution in [1.29, 1.82) is 0 Å². The van der Waals surface area contributed by atoms with Gasteiger partial charge in [0.25, 0.3) is 0 Å². The minimum atomic E-state index is -1.06. The molecule has 0 aliphatic carbocycles. The van der Waals surface area contributed by atoms with Crippen molar-refractivity contribution in [3.63, 3.8) is 0 Å². The van der Waals surface area contributed by atoms with Gasteiger partial charge in [-0.05, 0) is 125 Å². The molecule has 3 aromatic carbocycles. The van der Waals surface area contributed by atoms with Gasteiger partial charge in [-0.15, -0.1) is 0 Å². The second kappa shape index (κ2) is 40.2. The highest BCUT2D eigenvalue weighted by Crippen LogP contribution is 2.31. The molecule has 0 radical (unpaired) electrons. The summed E-state index contributed by atoms with van der Waals surface area (Å²) < 4.78 is 28.3. The van der Waals surface area contributed by atoms with Crippen molar-refractivity contribution in [2.24, 2.45) is 35.3 Å². The third-order valence-corrected chi connectivity index (χ3v) is 18.5. The predicted octanol–water partition coefficient (Wildman–Crippen LogP) is 7.68. The van der Waals surface area contributed by atoms with Crippen molar-refractivity contribution < 1.29 is 71.6 Å². The standard InChI is InChI=1S/C74H115N11O15/c1-20-48(8)63(58(96-17)43-59(86)85-40-25-29-57(85)64(97-18)49(9)65(87)79-56(70(92)98-19)42-51-26-22-21-23-27-51)83(15)69(91)60(45(2)3)80-67(89)61(46(4)5)81(13)41-38-50-32-36-54(37-33-50)82(14)72(94)99-44-52-30-34-53(35-31-52)77-66(88)55(28-24-39-76-71(75)93)78-68(90)62(47(6)7)84(16)73(95)100-74(10,11)12/h21-23,26-27,30-37,45-49,55-58,60-64H,20,24-25,28-29,38-44H2,1-19H3,(H,77,88)(H,78,90)(H,79,87)(H,80,89)(H3,75,76,93)/t48-,49+,55-,56-,57+,58-,60+,61+,62-,63+,64+/m1/s1. The molecule has 0 aromatic heterocycles. The predicted molar refractivity (Wildman–Crippen MR) is 383 cm³/mol. The molecule has 556 valence electrons. The van der Waals surface area contributed by atoms with Gasteiger partial charge in [-0.3, -0.25) is 43.5 Å². The van der Waals surface area contributed by atoms with Crippen LogP contribution in [0.4, 0.5) is 25.8 Å². The summed E-state index contributed by atoms with van der Waals surface area (Å²) in [6, 6.07) is 17.1. The number of esters is 1. The van der Waals surface area contributed by atoms with Crippen LogP contribution in [0.5, 0.6) is 0 Å². The Labute approximate surface area is 592 Å². The number of benzene rings is 3. The van der Waals surface area contributed by atoms with E-state index in [4.69, 9.17) is 29.4 Å². The van der Waals surface area contributed by atoms with Gasteiger partial charge in [0, 0.05) is 72.8 Å². The van der Waals surface area contributed by atoms with E-state index < -0.39 is 108 Å². The first kappa shape index (κ1) is 84.1. The molecule has 4 rings (SSSR count). The molecule has 1 saturated heterocycles. The van der Waals surface area contributed by atoms with Gasteiger partial charge in [-0.25, -0.2) is 19.2 Å². The first-order valence-corrected chi connectivity index (χ1v) is 34.8. The van der Waals surface area contributed by atoms with E-state index in [1.165, 1.54) is 38.2 Å². The monoisotopic (exact) mass is 1400 g/mol. The first-order valence-electron chi connectivity index (χ1n) is 34.8. The van der Waals surface area contributed by atoms with Crippen molar-refractivity contribution >= 4 is 71.0 Å². The lowest BCUT2D eigenvalue weighted by Gasteiger charge is -2.41. The van der Waals surface area contributed by atoms with Crippen LogP contribution >= 0.6 is 0 Å². The van der Waals surface area contributed by atoms with Crippen LogP contribution in [0.25, 0.3) is 0 Å². The summed E-state index contributed by atoms with van der Waals surface area (Å²) in [5.74, 6) is -4.63. The molecule has 1 aliphatic rings. The number of carbonyl (C=O) groups excluding carboxylic acids is 10. The summed E-state index contributed by atoms with van der Waals surface area (Å²) in [7, 11) is 10.9. The molecule has 1 aliphatic heterocycles. The molecule has 0 unspecified atom stereocenters. The van der Waals surface area contributed by atoms with Crippen LogP contribution in [0.15, 0.2) is 78.9 Å². The largest absolute Gasteiger partial charge is 0.467 e. The highest BCUT2D eigenvalue weighted by Gasteiger charge is 2.44. The Morgan fingerprint density at radius 1 is 0.670 bits per heavy atom. The Balaban J connectivity index is 1.36. The van der Waals surface area contributed by atoms with E-state index in [-0.39, 0.29) is 73.8 Å². The third-order valence-electron chi connectivity index (χ3n) is 18.5. The highest BCUT2D eigenvalue weighted by molar-refractivity contribution is 5.98. The van der Waals surface area contributed by atoms with Gasteiger partial charge in [-0.1, -0.05) is 123 Å². The van der Waals surface area contributed by atoms with Gasteiger partial charge in [0.2, 0.25) is 35.4 Å². The maximum absolute atomic E-state index is 14.9. The first-order chi connectivity index (χ1) is 47.1. The van der Waals surface area contributed by atoms with E-state index >= 15 is 0 Å². The number of likely N-dealkylation sites (N-methyl/N-ethyl adjacent to an activating group) is 3. The van der Waals surface area contributed by atoms with Gasteiger partial charge in [0.1, 0.15) is 36.4 Å². The van der Waals surface area contributed by atoms with Crippen molar-refractivity contribution in [3.8, 4) is 0 Å². The van der Waals surface area contributed by atoms with Gasteiger partial charge in [0.15, 0.2) is 0 Å². The minimum absolute atomic E-state index is 0.0644. The summed E-state index contributed by atoms with van der Waals surface area (Å²) in [6.45, 7) is 23.1. The molecule has 7 N–H and O–H groups in total. The Morgan fingerprint density at radius 2 is 1.27 bits per heavy atom. The number of nitrogens with zero attached hydrogens (tertiary/aromatic N) is 5. The molecule has 1 heterocycles. The molecule has 1 fully saturated rings. The Bertz CT molecular complexity index is 3150. The molecule has 26 heteroatoms. The fraction of sp³-hybridized carbons (Fsp3) is 0.622. The number of ether oxygens (including phenoxy) is 5. The summed E-state index contributed by atoms with van der Waals surface area (Å²) in [5.41, 5.74) is 7.84. The summed E-state index contributed by atoms with van der Waals surface area (Å²) >= 11 is 0. The molecule has 26 nitrogen and oxygen atoms in total. The fourth-order valence-corrected chi connectivity index (χ4v) is 12.8. The van der Waals surface area contributed by atoms with Crippen LogP contribution in [0, 0.1) is 29.6 Å². The second-order valence-corrected chi connectivity index (χ2v) is 28.3. The molecular formula is C74H115N11O15. The van der Waals surface area contributed by atoms with Crippen LogP contribution in [-0.2, 0) is 76.7 Å². The summed E-state index contributed by atoms with van der Waals surface area (Å²) in [5, 5.41) is 14.1. The summed E-state index contributed by atoms with van der Waals surface area (Å²) in [4.78, 5) is 144. The molecule has 0 spiro atoms. The van der Waals surface area contributed by atoms with E-state index in [9.17, 15) is 47.9 Å². The van der Waals surface area contributed by atoms with Gasteiger partial charge < -0.3 is 65.8 Å². The van der Waals surface area contributed by atoms with Crippen LogP contribution in [0.3, 0.4) is 0 Å². The van der Waals surface area contributed by atoms with Gasteiger partial charge in [0.05, 0.1) is 49.8 Å². The zero-order valence-corrected chi connectivity index (χ0v) is 62.5. The van der Waals surface area contributed by atoms with Crippen LogP contribution in [0.1, 0.15) is 138 Å². The average molecular weight is 1400 g/mol. The van der Waals surface area contributed by atoms with Crippen LogP contribution in [0.2, 0.25) is 0 Å². The fourth-order valence-electron chi connectivity index (χ4n) is 12.8. The number of hydrogen-bond acceptors (Lipinski definition) is 16. The number of anilines is 2. The second-order valence-electron chi connectivity index (χ2n) is 28.3. The SMILES string of the molecule is CC[C@@H](C)[C@@H]([C@@H](CC(=O)N1CCC[C@H]1[C@@H](OC)[C@H](C)C(=O)N[C@H](Cc1ccccc1)C(=O)OC)OC)N(C)C(=O)[C@@H](NC(=O)[C@H](C(C)C)N(C)CCc1ccc(N(C)C(=O)OCc2ccc(NC(=O)[C@@H](CCCNC(N)=O)NC(=O)[C@@H](C(C)C)N(C)C(=O)OC(C)(C)C)cc2)cc1)C(C)C. The zero-order chi connectivity index (χ0) is 74.9. The smallest absolute Gasteiger partial charge is 0.414 e. The number of hydrogen-bond donors (Lipinski definition) is 6. The lowest BCUT2D eigenvalue weighted by atomic mass is 9.89. The molecular weight excluding hydrogens is 1280 g/mol. The van der Waals surface area contributed by atoms with E-state index in [0.29, 0.717) is 62.1 Å². The quantitative estimate of drug-likeness (QED) is 0.0183. The average Bonchev–Trinajstić information content (AvgIpc) is 1.42. The van der Waals surface area contributed by atoms with Crippen molar-refractivity contribution in [2.75, 3.05) is 79.4 Å². The number of carbonyl (C=O) groups is 10. The molecule has 100 heavy (non-hydrogen) atoms. The van der Waals surface area contributed by atoms with Crippen molar-refractivity contribution in [3.05, 3.63) is 95.6 Å². The van der Waals surface area contributed by atoms with E-state index in [2.05, 4.69) is 26.6 Å². The maximum Gasteiger partial charge on any atom is 0.414 e. The minimum Gasteiger partial charge on any atom is -0.467 e. The van der Waals surface area contributed by atoms with Crippen molar-refractivity contribution in [2.45, 2.75) is 201 Å². The number of methoxy groups -OCH3 is 3. The maximum atomic E-state index is 14.9. The lowest BCUT2D eigenvalue weighted by molar-refractivity contribution is -0.149. The Kier molecular flexibility index (Phi) is 33.8. The lowest BCUT2D eigenvalue weighted by Crippen LogP contribution is -2.60. The number of nitrogens with one attached hydrogen (secondary N) is 5. The number of likely N-dealkylation sites (tertiary alicyclic amines) is 1. The van der Waals surface area contributed by atoms with E-state index in [0.717, 1.165) is 11.1 Å². The van der Waals surface area contributed by atoms with Gasteiger partial charge >= 0.3 is 24.2 Å². The van der Waals surface area contributed by atoms with E-state index in [1.54, 1.807) is 89.7 Å². The number of amides is 10. The number of nitrogens with two attached hydrogens (primary N) is 1. The van der Waals surface area contributed by atoms with E-state index in [1.807, 2.05) is 108 Å². The molecule has 0 saturated carbocycles. The Morgan fingerprint density at radius 3 is 1.82 bits per heavy atom. The third kappa shape index (κ3) is 25.1. The number of rotatable bonds is 37. The molecule has 3 aromatic rings. The number of urea groups is 1.